The molecular weight excluding hydrogens is 206 g/mol. The monoisotopic (exact) mass is 223 g/mol. The highest BCUT2D eigenvalue weighted by Crippen LogP contribution is 2.40. The molecule has 0 spiro atoms. The van der Waals surface area contributed by atoms with Crippen LogP contribution in [0.1, 0.15) is 38.4 Å². The zero-order valence-electron chi connectivity index (χ0n) is 9.91. The van der Waals surface area contributed by atoms with Gasteiger partial charge in [-0.15, -0.1) is 5.10 Å². The third-order valence-electron chi connectivity index (χ3n) is 3.10. The van der Waals surface area contributed by atoms with Gasteiger partial charge in [0, 0.05) is 11.0 Å². The summed E-state index contributed by atoms with van der Waals surface area (Å²) in [6, 6.07) is 0. The molecule has 1 aliphatic rings. The van der Waals surface area contributed by atoms with Gasteiger partial charge in [0.2, 0.25) is 0 Å². The lowest BCUT2D eigenvalue weighted by Gasteiger charge is -2.19. The summed E-state index contributed by atoms with van der Waals surface area (Å²) in [4.78, 5) is 11.7. The molecule has 5 heteroatoms. The van der Waals surface area contributed by atoms with Crippen LogP contribution in [0.25, 0.3) is 0 Å². The molecule has 0 aliphatic heterocycles. The maximum Gasteiger partial charge on any atom is 0.435 e. The Morgan fingerprint density at radius 3 is 2.94 bits per heavy atom. The quantitative estimate of drug-likeness (QED) is 0.786. The summed E-state index contributed by atoms with van der Waals surface area (Å²) < 4.78 is 6.29. The third-order valence-corrected chi connectivity index (χ3v) is 3.10. The fraction of sp³-hybridized carbons (Fsp3) is 0.636. The predicted molar refractivity (Wildman–Crippen MR) is 60.4 cm³/mol. The number of nitrogen functional groups attached to an aromatic ring is 1. The second-order valence-corrected chi connectivity index (χ2v) is 4.71. The van der Waals surface area contributed by atoms with E-state index in [1.807, 2.05) is 0 Å². The lowest BCUT2D eigenvalue weighted by atomic mass is 9.91. The molecule has 0 radical (unpaired) electrons. The van der Waals surface area contributed by atoms with Crippen LogP contribution in [-0.4, -0.2) is 22.5 Å². The van der Waals surface area contributed by atoms with Crippen molar-refractivity contribution in [2.75, 3.05) is 12.3 Å². The van der Waals surface area contributed by atoms with Crippen molar-refractivity contribution >= 4 is 11.9 Å². The number of hydrogen-bond donors (Lipinski definition) is 1. The average molecular weight is 223 g/mol. The number of carbonyl (C=O) groups excluding carboxylic acids is 1. The van der Waals surface area contributed by atoms with Crippen molar-refractivity contribution in [1.29, 1.82) is 0 Å². The molecule has 2 N–H and O–H groups in total. The van der Waals surface area contributed by atoms with E-state index < -0.39 is 6.09 Å². The highest BCUT2D eigenvalue weighted by molar-refractivity contribution is 5.73. The molecular formula is C11H17N3O2. The number of nitrogens with zero attached hydrogens (tertiary/aromatic N) is 2. The summed E-state index contributed by atoms with van der Waals surface area (Å²) >= 11 is 0. The fourth-order valence-corrected chi connectivity index (χ4v) is 2.28. The van der Waals surface area contributed by atoms with Crippen LogP contribution in [0.15, 0.2) is 0 Å². The van der Waals surface area contributed by atoms with Gasteiger partial charge < -0.3 is 10.5 Å². The van der Waals surface area contributed by atoms with Gasteiger partial charge >= 0.3 is 6.09 Å². The first-order valence-corrected chi connectivity index (χ1v) is 5.52. The number of ether oxygens (including phenoxy) is 1. The first kappa shape index (κ1) is 11.0. The number of carbonyl (C=O) groups is 1. The van der Waals surface area contributed by atoms with Gasteiger partial charge in [-0.3, -0.25) is 0 Å². The summed E-state index contributed by atoms with van der Waals surface area (Å²) in [5.74, 6) is 0.452. The Morgan fingerprint density at radius 1 is 1.62 bits per heavy atom. The molecule has 0 amide bonds. The molecule has 2 rings (SSSR count). The third kappa shape index (κ3) is 1.47. The summed E-state index contributed by atoms with van der Waals surface area (Å²) in [5.41, 5.74) is 7.65. The van der Waals surface area contributed by atoms with Crippen LogP contribution in [0.3, 0.4) is 0 Å². The fourth-order valence-electron chi connectivity index (χ4n) is 2.28. The molecule has 1 heterocycles. The number of nitrogens with two attached hydrogens (primary N) is 1. The topological polar surface area (TPSA) is 70.1 Å². The lowest BCUT2D eigenvalue weighted by molar-refractivity contribution is 0.148. The predicted octanol–water partition coefficient (Wildman–Crippen LogP) is 1.69. The number of aromatic nitrogens is 2. The SMILES string of the molecule is CCOC(=O)n1nc(N)c2c1C(C)(C)CC2. The molecule has 0 saturated carbocycles. The van der Waals surface area contributed by atoms with Crippen molar-refractivity contribution in [1.82, 2.24) is 9.78 Å². The number of anilines is 1. The van der Waals surface area contributed by atoms with E-state index in [-0.39, 0.29) is 5.41 Å². The molecule has 1 aromatic heterocycles. The number of rotatable bonds is 1. The van der Waals surface area contributed by atoms with Crippen molar-refractivity contribution < 1.29 is 9.53 Å². The largest absolute Gasteiger partial charge is 0.448 e. The first-order chi connectivity index (χ1) is 7.47. The van der Waals surface area contributed by atoms with Crippen molar-refractivity contribution in [3.63, 3.8) is 0 Å². The molecule has 0 fully saturated rings. The second-order valence-electron chi connectivity index (χ2n) is 4.71. The second kappa shape index (κ2) is 3.50. The average Bonchev–Trinajstić information content (AvgIpc) is 2.68. The Bertz CT molecular complexity index is 435. The molecule has 1 aromatic rings. The Labute approximate surface area is 94.6 Å². The van der Waals surface area contributed by atoms with Gasteiger partial charge in [-0.25, -0.2) is 4.79 Å². The number of hydrogen-bond acceptors (Lipinski definition) is 4. The van der Waals surface area contributed by atoms with Crippen molar-refractivity contribution in [2.24, 2.45) is 0 Å². The van der Waals surface area contributed by atoms with E-state index in [2.05, 4.69) is 18.9 Å². The zero-order chi connectivity index (χ0) is 11.9. The smallest absolute Gasteiger partial charge is 0.435 e. The highest BCUT2D eigenvalue weighted by atomic mass is 16.5. The maximum absolute atomic E-state index is 11.7. The van der Waals surface area contributed by atoms with E-state index in [0.29, 0.717) is 12.4 Å². The molecule has 88 valence electrons. The molecule has 0 unspecified atom stereocenters. The van der Waals surface area contributed by atoms with E-state index in [9.17, 15) is 4.79 Å². The summed E-state index contributed by atoms with van der Waals surface area (Å²) in [5, 5.41) is 4.07. The zero-order valence-corrected chi connectivity index (χ0v) is 9.91. The van der Waals surface area contributed by atoms with E-state index in [4.69, 9.17) is 10.5 Å². The van der Waals surface area contributed by atoms with E-state index in [1.165, 1.54) is 4.68 Å². The summed E-state index contributed by atoms with van der Waals surface area (Å²) in [7, 11) is 0. The van der Waals surface area contributed by atoms with Gasteiger partial charge in [-0.1, -0.05) is 13.8 Å². The van der Waals surface area contributed by atoms with E-state index in [0.717, 1.165) is 24.1 Å². The molecule has 5 nitrogen and oxygen atoms in total. The molecule has 0 saturated heterocycles. The molecule has 0 aromatic carbocycles. The van der Waals surface area contributed by atoms with Crippen LogP contribution in [-0.2, 0) is 16.6 Å². The Balaban J connectivity index is 2.49. The van der Waals surface area contributed by atoms with Gasteiger partial charge in [0.05, 0.1) is 12.3 Å². The van der Waals surface area contributed by atoms with Gasteiger partial charge in [0.15, 0.2) is 0 Å². The van der Waals surface area contributed by atoms with Crippen molar-refractivity contribution in [3.05, 3.63) is 11.3 Å². The van der Waals surface area contributed by atoms with Gasteiger partial charge in [-0.05, 0) is 19.8 Å². The van der Waals surface area contributed by atoms with Crippen LogP contribution < -0.4 is 5.73 Å². The van der Waals surface area contributed by atoms with Crippen LogP contribution in [0, 0.1) is 0 Å². The molecule has 0 atom stereocenters. The maximum atomic E-state index is 11.7. The Hall–Kier alpha value is -1.52. The molecule has 16 heavy (non-hydrogen) atoms. The van der Waals surface area contributed by atoms with Crippen LogP contribution in [0.5, 0.6) is 0 Å². The first-order valence-electron chi connectivity index (χ1n) is 5.52. The van der Waals surface area contributed by atoms with Crippen LogP contribution >= 0.6 is 0 Å². The van der Waals surface area contributed by atoms with Crippen molar-refractivity contribution in [2.45, 2.75) is 39.0 Å². The van der Waals surface area contributed by atoms with E-state index >= 15 is 0 Å². The highest BCUT2D eigenvalue weighted by Gasteiger charge is 2.38. The van der Waals surface area contributed by atoms with E-state index in [1.54, 1.807) is 6.92 Å². The van der Waals surface area contributed by atoms with Crippen LogP contribution in [0.4, 0.5) is 10.6 Å². The van der Waals surface area contributed by atoms with Crippen LogP contribution in [0.2, 0.25) is 0 Å². The number of fused-ring (bicyclic) bond motifs is 1. The minimum atomic E-state index is -0.439. The summed E-state index contributed by atoms with van der Waals surface area (Å²) in [6.45, 7) is 6.30. The Kier molecular flexibility index (Phi) is 2.40. The van der Waals surface area contributed by atoms with Gasteiger partial charge in [0.1, 0.15) is 5.82 Å². The van der Waals surface area contributed by atoms with Gasteiger partial charge in [0.25, 0.3) is 0 Å². The minimum Gasteiger partial charge on any atom is -0.448 e. The van der Waals surface area contributed by atoms with Crippen molar-refractivity contribution in [3.8, 4) is 0 Å². The molecule has 0 bridgehead atoms. The van der Waals surface area contributed by atoms with Gasteiger partial charge in [-0.2, -0.15) is 4.68 Å². The lowest BCUT2D eigenvalue weighted by Crippen LogP contribution is -2.25. The minimum absolute atomic E-state index is 0.0628. The summed E-state index contributed by atoms with van der Waals surface area (Å²) in [6.07, 6.45) is 1.43. The molecule has 1 aliphatic carbocycles. The normalized spacial score (nSPS) is 17.2. The standard InChI is InChI=1S/C11H17N3O2/c1-4-16-10(15)14-8-7(9(12)13-14)5-6-11(8,2)3/h4-6H2,1-3H3,(H2,12,13). The Morgan fingerprint density at radius 2 is 2.31 bits per heavy atom.